The lowest BCUT2D eigenvalue weighted by atomic mass is 10.1. The Bertz CT molecular complexity index is 1060. The molecule has 0 saturated heterocycles. The van der Waals surface area contributed by atoms with Gasteiger partial charge in [-0.1, -0.05) is 18.2 Å². The van der Waals surface area contributed by atoms with Crippen molar-refractivity contribution in [2.45, 2.75) is 39.5 Å². The molecule has 0 atom stereocenters. The molecular weight excluding hydrogens is 396 g/mol. The molecule has 1 aromatic carbocycles. The van der Waals surface area contributed by atoms with Crippen LogP contribution in [0.3, 0.4) is 0 Å². The number of ether oxygens (including phenoxy) is 1. The van der Waals surface area contributed by atoms with E-state index in [1.165, 1.54) is 0 Å². The summed E-state index contributed by atoms with van der Waals surface area (Å²) in [6.45, 7) is 7.85. The highest BCUT2D eigenvalue weighted by Gasteiger charge is 2.24. The van der Waals surface area contributed by atoms with Crippen LogP contribution in [-0.4, -0.2) is 70.0 Å². The molecule has 0 unspecified atom stereocenters. The van der Waals surface area contributed by atoms with E-state index >= 15 is 0 Å². The largest absolute Gasteiger partial charge is 0.389 e. The van der Waals surface area contributed by atoms with E-state index in [1.807, 2.05) is 42.8 Å². The van der Waals surface area contributed by atoms with Gasteiger partial charge in [0.05, 0.1) is 23.2 Å². The van der Waals surface area contributed by atoms with E-state index in [2.05, 4.69) is 15.6 Å². The topological polar surface area (TPSA) is 105 Å². The monoisotopic (exact) mass is 428 g/mol. The molecule has 0 bridgehead atoms. The lowest BCUT2D eigenvalue weighted by Gasteiger charge is -2.21. The summed E-state index contributed by atoms with van der Waals surface area (Å²) in [5.41, 5.74) is 1.17. The highest BCUT2D eigenvalue weighted by Crippen LogP contribution is 2.31. The number of nitrogens with one attached hydrogen (secondary N) is 2. The molecule has 2 heterocycles. The minimum absolute atomic E-state index is 0.261. The number of rotatable bonds is 9. The molecule has 31 heavy (non-hydrogen) atoms. The van der Waals surface area contributed by atoms with Crippen LogP contribution in [0.15, 0.2) is 24.3 Å². The van der Waals surface area contributed by atoms with Crippen LogP contribution in [0.4, 0.5) is 10.6 Å². The van der Waals surface area contributed by atoms with Gasteiger partial charge in [0, 0.05) is 32.1 Å². The molecule has 0 aliphatic rings. The van der Waals surface area contributed by atoms with Crippen LogP contribution < -0.4 is 10.6 Å². The maximum Gasteiger partial charge on any atom is 0.322 e. The van der Waals surface area contributed by atoms with Crippen molar-refractivity contribution in [3.05, 3.63) is 30.1 Å². The van der Waals surface area contributed by atoms with Crippen molar-refractivity contribution in [1.82, 2.24) is 24.8 Å². The zero-order chi connectivity index (χ0) is 22.6. The first kappa shape index (κ1) is 22.9. The first-order valence-corrected chi connectivity index (χ1v) is 10.5. The Labute approximate surface area is 182 Å². The average Bonchev–Trinajstić information content (AvgIpc) is 3.07. The number of fused-ring (bicyclic) bond motifs is 3. The third-order valence-corrected chi connectivity index (χ3v) is 4.91. The van der Waals surface area contributed by atoms with Gasteiger partial charge in [-0.15, -0.1) is 0 Å². The number of hydrogen-bond acceptors (Lipinski definition) is 6. The second-order valence-corrected chi connectivity index (χ2v) is 8.19. The number of amides is 2. The SMILES string of the molecule is CCOCc1nc2c(NC(=O)N(C)CCNC)nc3ccccc3c2n1CC(C)(C)O. The van der Waals surface area contributed by atoms with Crippen LogP contribution in [0.1, 0.15) is 26.6 Å². The van der Waals surface area contributed by atoms with Crippen molar-refractivity contribution in [3.8, 4) is 0 Å². The molecule has 0 radical (unpaired) electrons. The van der Waals surface area contributed by atoms with Crippen molar-refractivity contribution in [1.29, 1.82) is 0 Å². The van der Waals surface area contributed by atoms with E-state index < -0.39 is 5.60 Å². The Morgan fingerprint density at radius 2 is 2.03 bits per heavy atom. The molecule has 2 aromatic heterocycles. The Hall–Kier alpha value is -2.75. The molecule has 2 amide bonds. The molecule has 0 spiro atoms. The molecule has 0 fully saturated rings. The second kappa shape index (κ2) is 9.59. The van der Waals surface area contributed by atoms with E-state index in [1.54, 1.807) is 25.8 Å². The van der Waals surface area contributed by atoms with Gasteiger partial charge in [-0.25, -0.2) is 14.8 Å². The summed E-state index contributed by atoms with van der Waals surface area (Å²) in [5.74, 6) is 1.07. The normalized spacial score (nSPS) is 11.9. The molecule has 3 rings (SSSR count). The van der Waals surface area contributed by atoms with Crippen LogP contribution >= 0.6 is 0 Å². The number of carbonyl (C=O) groups excluding carboxylic acids is 1. The number of nitrogens with zero attached hydrogens (tertiary/aromatic N) is 4. The Morgan fingerprint density at radius 3 is 2.71 bits per heavy atom. The molecule has 3 aromatic rings. The first-order chi connectivity index (χ1) is 14.7. The van der Waals surface area contributed by atoms with Crippen molar-refractivity contribution >= 4 is 33.8 Å². The minimum atomic E-state index is -0.963. The third-order valence-electron chi connectivity index (χ3n) is 4.91. The molecule has 9 heteroatoms. The van der Waals surface area contributed by atoms with E-state index in [0.717, 1.165) is 16.4 Å². The van der Waals surface area contributed by atoms with Crippen molar-refractivity contribution in [2.75, 3.05) is 39.1 Å². The zero-order valence-corrected chi connectivity index (χ0v) is 18.9. The van der Waals surface area contributed by atoms with Gasteiger partial charge in [-0.05, 0) is 33.9 Å². The van der Waals surface area contributed by atoms with Crippen molar-refractivity contribution < 1.29 is 14.6 Å². The predicted octanol–water partition coefficient (Wildman–Crippen LogP) is 2.58. The summed E-state index contributed by atoms with van der Waals surface area (Å²) in [4.78, 5) is 23.8. The summed E-state index contributed by atoms with van der Waals surface area (Å²) in [7, 11) is 3.58. The maximum absolute atomic E-state index is 12.7. The van der Waals surface area contributed by atoms with Gasteiger partial charge in [0.2, 0.25) is 0 Å². The lowest BCUT2D eigenvalue weighted by Crippen LogP contribution is -2.36. The van der Waals surface area contributed by atoms with Gasteiger partial charge < -0.3 is 24.6 Å². The van der Waals surface area contributed by atoms with Crippen molar-refractivity contribution in [2.24, 2.45) is 0 Å². The van der Waals surface area contributed by atoms with Gasteiger partial charge in [-0.3, -0.25) is 5.32 Å². The summed E-state index contributed by atoms with van der Waals surface area (Å²) in [5, 5.41) is 17.4. The lowest BCUT2D eigenvalue weighted by molar-refractivity contribution is 0.0582. The summed E-state index contributed by atoms with van der Waals surface area (Å²) in [6, 6.07) is 7.46. The maximum atomic E-state index is 12.7. The van der Waals surface area contributed by atoms with Crippen LogP contribution in [-0.2, 0) is 17.9 Å². The minimum Gasteiger partial charge on any atom is -0.389 e. The van der Waals surface area contributed by atoms with E-state index in [0.29, 0.717) is 50.0 Å². The number of carbonyl (C=O) groups is 1. The summed E-state index contributed by atoms with van der Waals surface area (Å²) in [6.07, 6.45) is 0. The Kier molecular flexibility index (Phi) is 7.09. The number of pyridine rings is 1. The molecular formula is C22H32N6O3. The van der Waals surface area contributed by atoms with E-state index in [9.17, 15) is 9.90 Å². The number of imidazole rings is 1. The standard InChI is InChI=1S/C22H32N6O3/c1-6-31-13-17-25-18-19(28(17)14-22(2,3)30)15-9-7-8-10-16(15)24-20(18)26-21(29)27(5)12-11-23-4/h7-10,23,30H,6,11-14H2,1-5H3,(H,24,26,29). The fourth-order valence-electron chi connectivity index (χ4n) is 3.41. The van der Waals surface area contributed by atoms with Crippen LogP contribution in [0.5, 0.6) is 0 Å². The van der Waals surface area contributed by atoms with Crippen LogP contribution in [0, 0.1) is 0 Å². The molecule has 0 saturated carbocycles. The number of likely N-dealkylation sites (N-methyl/N-ethyl adjacent to an activating group) is 2. The van der Waals surface area contributed by atoms with Gasteiger partial charge >= 0.3 is 6.03 Å². The molecule has 0 aliphatic carbocycles. The number of benzene rings is 1. The smallest absolute Gasteiger partial charge is 0.322 e. The number of hydrogen-bond donors (Lipinski definition) is 3. The number of anilines is 1. The molecule has 168 valence electrons. The zero-order valence-electron chi connectivity index (χ0n) is 18.9. The molecule has 0 aliphatic heterocycles. The van der Waals surface area contributed by atoms with E-state index in [4.69, 9.17) is 9.72 Å². The van der Waals surface area contributed by atoms with Gasteiger partial charge in [0.1, 0.15) is 17.9 Å². The average molecular weight is 429 g/mol. The fourth-order valence-corrected chi connectivity index (χ4v) is 3.41. The predicted molar refractivity (Wildman–Crippen MR) is 122 cm³/mol. The first-order valence-electron chi connectivity index (χ1n) is 10.5. The second-order valence-electron chi connectivity index (χ2n) is 8.19. The Morgan fingerprint density at radius 1 is 1.29 bits per heavy atom. The van der Waals surface area contributed by atoms with E-state index in [-0.39, 0.29) is 6.03 Å². The number of aliphatic hydroxyl groups is 1. The number of aromatic nitrogens is 3. The fraction of sp³-hybridized carbons (Fsp3) is 0.500. The molecule has 3 N–H and O–H groups in total. The number of para-hydroxylation sites is 1. The van der Waals surface area contributed by atoms with Crippen LogP contribution in [0.2, 0.25) is 0 Å². The Balaban J connectivity index is 2.17. The van der Waals surface area contributed by atoms with Gasteiger partial charge in [0.25, 0.3) is 0 Å². The third kappa shape index (κ3) is 5.30. The van der Waals surface area contributed by atoms with Gasteiger partial charge in [0.15, 0.2) is 5.82 Å². The highest BCUT2D eigenvalue weighted by atomic mass is 16.5. The van der Waals surface area contributed by atoms with Crippen molar-refractivity contribution in [3.63, 3.8) is 0 Å². The quantitative estimate of drug-likeness (QED) is 0.484. The molecule has 9 nitrogen and oxygen atoms in total. The van der Waals surface area contributed by atoms with Gasteiger partial charge in [-0.2, -0.15) is 0 Å². The summed E-state index contributed by atoms with van der Waals surface area (Å²) >= 11 is 0. The summed E-state index contributed by atoms with van der Waals surface area (Å²) < 4.78 is 7.60. The highest BCUT2D eigenvalue weighted by molar-refractivity contribution is 6.09. The number of urea groups is 1. The van der Waals surface area contributed by atoms with Crippen LogP contribution in [0.25, 0.3) is 21.9 Å².